The smallest absolute Gasteiger partial charge is 0.351 e. The van der Waals surface area contributed by atoms with Crippen molar-refractivity contribution in [1.29, 1.82) is 0 Å². The molecule has 0 radical (unpaired) electrons. The van der Waals surface area contributed by atoms with Gasteiger partial charge in [-0.2, -0.15) is 0 Å². The minimum Gasteiger partial charge on any atom is -0.461 e. The number of esters is 4. The molecule has 0 fully saturated rings. The molecule has 53 heavy (non-hydrogen) atoms. The molecule has 0 aliphatic carbocycles. The Morgan fingerprint density at radius 1 is 0.491 bits per heavy atom. The van der Waals surface area contributed by atoms with Gasteiger partial charge in [-0.05, 0) is 66.7 Å². The summed E-state index contributed by atoms with van der Waals surface area (Å²) < 4.78 is 32.9. The lowest BCUT2D eigenvalue weighted by molar-refractivity contribution is -0.0643. The Balaban J connectivity index is 1.33. The summed E-state index contributed by atoms with van der Waals surface area (Å²) in [6.45, 7) is -2.82. The van der Waals surface area contributed by atoms with Gasteiger partial charge in [0.15, 0.2) is 0 Å². The van der Waals surface area contributed by atoms with Gasteiger partial charge in [-0.1, -0.05) is 42.5 Å². The van der Waals surface area contributed by atoms with Gasteiger partial charge in [-0.25, -0.2) is 28.8 Å². The SMILES string of the molecule is Nc1ccc(C(=O)OCC(COC(=O)c2cccc(N)c2)(COC(=O)c2cc3ccccc3oc2=O)COC(=O)c2cc3ccccc3oc2=O)cc1. The first kappa shape index (κ1) is 35.6. The van der Waals surface area contributed by atoms with Crippen LogP contribution in [0.15, 0.2) is 128 Å². The summed E-state index contributed by atoms with van der Waals surface area (Å²) >= 11 is 0. The summed E-state index contributed by atoms with van der Waals surface area (Å²) in [6.07, 6.45) is 0. The highest BCUT2D eigenvalue weighted by molar-refractivity contribution is 5.94. The molecule has 4 N–H and O–H groups in total. The zero-order valence-corrected chi connectivity index (χ0v) is 27.8. The molecule has 268 valence electrons. The zero-order valence-electron chi connectivity index (χ0n) is 27.8. The van der Waals surface area contributed by atoms with Gasteiger partial charge in [0.25, 0.3) is 0 Å². The van der Waals surface area contributed by atoms with Crippen LogP contribution in [0.2, 0.25) is 0 Å². The van der Waals surface area contributed by atoms with E-state index in [9.17, 15) is 28.8 Å². The normalized spacial score (nSPS) is 11.2. The van der Waals surface area contributed by atoms with E-state index in [4.69, 9.17) is 39.2 Å². The van der Waals surface area contributed by atoms with E-state index in [1.54, 1.807) is 54.6 Å². The summed E-state index contributed by atoms with van der Waals surface area (Å²) in [7, 11) is 0. The largest absolute Gasteiger partial charge is 0.461 e. The maximum atomic E-state index is 13.4. The molecule has 4 aromatic carbocycles. The zero-order chi connectivity index (χ0) is 37.5. The number of ether oxygens (including phenoxy) is 4. The Bertz CT molecular complexity index is 2360. The van der Waals surface area contributed by atoms with Crippen molar-refractivity contribution < 1.29 is 47.0 Å². The van der Waals surface area contributed by atoms with Crippen LogP contribution in [0, 0.1) is 5.41 Å². The highest BCUT2D eigenvalue weighted by atomic mass is 16.6. The first-order valence-electron chi connectivity index (χ1n) is 16.0. The van der Waals surface area contributed by atoms with Crippen molar-refractivity contribution in [2.75, 3.05) is 37.9 Å². The van der Waals surface area contributed by atoms with Crippen LogP contribution in [-0.4, -0.2) is 50.3 Å². The van der Waals surface area contributed by atoms with Crippen molar-refractivity contribution in [3.8, 4) is 0 Å². The number of fused-ring (bicyclic) bond motifs is 2. The molecule has 0 unspecified atom stereocenters. The molecule has 0 aliphatic rings. The molecule has 6 aromatic rings. The van der Waals surface area contributed by atoms with Crippen LogP contribution < -0.4 is 22.7 Å². The molecule has 2 aromatic heterocycles. The second-order valence-electron chi connectivity index (χ2n) is 12.0. The topological polar surface area (TPSA) is 218 Å². The molecule has 0 saturated heterocycles. The first-order chi connectivity index (χ1) is 25.5. The van der Waals surface area contributed by atoms with E-state index in [-0.39, 0.29) is 28.0 Å². The number of nitrogens with two attached hydrogens (primary N) is 2. The predicted octanol–water partition coefficient (Wildman–Crippen LogP) is 4.78. The van der Waals surface area contributed by atoms with Gasteiger partial charge in [0.05, 0.1) is 11.1 Å². The Labute approximate surface area is 299 Å². The fourth-order valence-electron chi connectivity index (χ4n) is 5.14. The monoisotopic (exact) mass is 718 g/mol. The maximum Gasteiger partial charge on any atom is 0.351 e. The average molecular weight is 719 g/mol. The number of carbonyl (C=O) groups is 4. The molecular weight excluding hydrogens is 688 g/mol. The van der Waals surface area contributed by atoms with Crippen molar-refractivity contribution in [2.24, 2.45) is 5.41 Å². The molecule has 2 heterocycles. The molecule has 14 nitrogen and oxygen atoms in total. The quantitative estimate of drug-likeness (QED) is 0.0754. The van der Waals surface area contributed by atoms with Crippen LogP contribution in [0.3, 0.4) is 0 Å². The van der Waals surface area contributed by atoms with Crippen LogP contribution in [0.4, 0.5) is 11.4 Å². The molecule has 0 atom stereocenters. The van der Waals surface area contributed by atoms with Crippen LogP contribution in [0.25, 0.3) is 21.9 Å². The second kappa shape index (κ2) is 15.3. The Hall–Kier alpha value is -7.22. The number of nitrogen functional groups attached to an aromatic ring is 2. The number of carbonyl (C=O) groups excluding carboxylic acids is 4. The molecule has 14 heteroatoms. The van der Waals surface area contributed by atoms with Gasteiger partial charge in [-0.15, -0.1) is 0 Å². The minimum atomic E-state index is -1.82. The fraction of sp³-hybridized carbons (Fsp3) is 0.128. The Morgan fingerprint density at radius 2 is 0.943 bits per heavy atom. The number of rotatable bonds is 12. The molecule has 0 amide bonds. The van der Waals surface area contributed by atoms with Crippen LogP contribution >= 0.6 is 0 Å². The maximum absolute atomic E-state index is 13.4. The van der Waals surface area contributed by atoms with E-state index >= 15 is 0 Å². The first-order valence-corrected chi connectivity index (χ1v) is 16.0. The number of para-hydroxylation sites is 2. The van der Waals surface area contributed by atoms with E-state index in [2.05, 4.69) is 0 Å². The van der Waals surface area contributed by atoms with Gasteiger partial charge in [-0.3, -0.25) is 0 Å². The number of anilines is 2. The lowest BCUT2D eigenvalue weighted by Crippen LogP contribution is -2.44. The molecule has 0 bridgehead atoms. The Morgan fingerprint density at radius 3 is 1.43 bits per heavy atom. The predicted molar refractivity (Wildman–Crippen MR) is 190 cm³/mol. The van der Waals surface area contributed by atoms with Gasteiger partial charge in [0.1, 0.15) is 54.1 Å². The molecule has 6 rings (SSSR count). The summed E-state index contributed by atoms with van der Waals surface area (Å²) in [5, 5.41) is 0.865. The molecule has 0 aliphatic heterocycles. The van der Waals surface area contributed by atoms with Crippen LogP contribution in [0.1, 0.15) is 41.4 Å². The Kier molecular flexibility index (Phi) is 10.3. The average Bonchev–Trinajstić information content (AvgIpc) is 3.16. The standard InChI is InChI=1S/C39H30N2O12/c40-27-14-12-23(13-15-27)33(42)48-19-39(20-49-34(43)26-8-5-9-28(41)16-26,21-50-35(44)29-17-24-6-1-3-10-31(24)52-37(29)46)22-51-36(45)30-18-25-7-2-4-11-32(25)53-38(30)47/h1-18H,19-22,40-41H2. The van der Waals surface area contributed by atoms with Crippen molar-refractivity contribution in [3.63, 3.8) is 0 Å². The van der Waals surface area contributed by atoms with Crippen LogP contribution in [-0.2, 0) is 18.9 Å². The summed E-state index contributed by atoms with van der Waals surface area (Å²) in [6, 6.07) is 27.2. The summed E-state index contributed by atoms with van der Waals surface area (Å²) in [4.78, 5) is 78.6. The third-order valence-corrected chi connectivity index (χ3v) is 8.03. The van der Waals surface area contributed by atoms with Gasteiger partial charge in [0, 0.05) is 22.1 Å². The number of benzene rings is 4. The van der Waals surface area contributed by atoms with E-state index in [1.165, 1.54) is 54.6 Å². The van der Waals surface area contributed by atoms with Crippen molar-refractivity contribution in [1.82, 2.24) is 0 Å². The van der Waals surface area contributed by atoms with Crippen LogP contribution in [0.5, 0.6) is 0 Å². The molecule has 0 saturated carbocycles. The number of hydrogen-bond donors (Lipinski definition) is 2. The van der Waals surface area contributed by atoms with Gasteiger partial charge in [0.2, 0.25) is 0 Å². The third-order valence-electron chi connectivity index (χ3n) is 8.03. The van der Waals surface area contributed by atoms with E-state index < -0.39 is 78.1 Å². The van der Waals surface area contributed by atoms with Crippen molar-refractivity contribution >= 4 is 57.2 Å². The van der Waals surface area contributed by atoms with Crippen molar-refractivity contribution in [3.05, 3.63) is 152 Å². The second-order valence-corrected chi connectivity index (χ2v) is 12.0. The van der Waals surface area contributed by atoms with E-state index in [0.717, 1.165) is 0 Å². The lowest BCUT2D eigenvalue weighted by atomic mass is 9.92. The molecule has 0 spiro atoms. The highest BCUT2D eigenvalue weighted by Crippen LogP contribution is 2.25. The number of hydrogen-bond acceptors (Lipinski definition) is 14. The summed E-state index contributed by atoms with van der Waals surface area (Å²) in [5.74, 6) is -3.99. The lowest BCUT2D eigenvalue weighted by Gasteiger charge is -2.31. The van der Waals surface area contributed by atoms with E-state index in [1.807, 2.05) is 0 Å². The third kappa shape index (κ3) is 8.40. The fourth-order valence-corrected chi connectivity index (χ4v) is 5.14. The molecular formula is C39H30N2O12. The summed E-state index contributed by atoms with van der Waals surface area (Å²) in [5.41, 5.74) is 8.15. The van der Waals surface area contributed by atoms with E-state index in [0.29, 0.717) is 16.5 Å². The van der Waals surface area contributed by atoms with Gasteiger partial charge < -0.3 is 39.2 Å². The van der Waals surface area contributed by atoms with Gasteiger partial charge >= 0.3 is 35.1 Å². The minimum absolute atomic E-state index is 0.0642. The van der Waals surface area contributed by atoms with Crippen molar-refractivity contribution in [2.45, 2.75) is 0 Å². The highest BCUT2D eigenvalue weighted by Gasteiger charge is 2.39.